The van der Waals surface area contributed by atoms with E-state index in [-0.39, 0.29) is 89.1 Å². The largest absolute Gasteiger partial charge is 0.345 e. The van der Waals surface area contributed by atoms with Crippen LogP contribution in [-0.2, 0) is 0 Å². The zero-order chi connectivity index (χ0) is 77.2. The van der Waals surface area contributed by atoms with E-state index < -0.39 is 0 Å². The molecule has 2 N–H and O–H groups in total. The quantitative estimate of drug-likeness (QED) is 0.145. The van der Waals surface area contributed by atoms with E-state index in [2.05, 4.69) is 208 Å². The van der Waals surface area contributed by atoms with Crippen LogP contribution in [0.5, 0.6) is 0 Å². The third kappa shape index (κ3) is 65.2. The van der Waals surface area contributed by atoms with Crippen molar-refractivity contribution in [3.63, 3.8) is 0 Å². The minimum atomic E-state index is 0. The molecule has 0 amide bonds. The zero-order valence-electron chi connectivity index (χ0n) is 65.5. The first-order valence-corrected chi connectivity index (χ1v) is 37.3. The van der Waals surface area contributed by atoms with Crippen molar-refractivity contribution < 1.29 is 0 Å². The molecule has 0 saturated heterocycles. The number of thiophene rings is 1. The van der Waals surface area contributed by atoms with E-state index in [9.17, 15) is 0 Å². The Morgan fingerprint density at radius 3 is 0.690 bits per heavy atom. The van der Waals surface area contributed by atoms with Crippen molar-refractivity contribution in [1.82, 2.24) is 80.2 Å². The Kier molecular flexibility index (Phi) is 85.0. The number of aromatic amines is 2. The van der Waals surface area contributed by atoms with Crippen LogP contribution in [0, 0.1) is 152 Å². The number of pyridine rings is 2. The second kappa shape index (κ2) is 76.2. The first-order chi connectivity index (χ1) is 49.6. The second-order valence-electron chi connectivity index (χ2n) is 23.5. The minimum Gasteiger partial charge on any atom is -0.345 e. The second-order valence-corrected chi connectivity index (χ2v) is 29.3. The number of aromatic nitrogens is 16. The summed E-state index contributed by atoms with van der Waals surface area (Å²) < 4.78 is 0. The maximum atomic E-state index is 4.10. The molecule has 0 unspecified atom stereocenters. The Balaban J connectivity index is -0.000000113. The summed E-state index contributed by atoms with van der Waals surface area (Å²) in [5.41, 5.74) is 18.2. The molecule has 0 bridgehead atoms. The van der Waals surface area contributed by atoms with Gasteiger partial charge < -0.3 is 9.97 Å². The lowest BCUT2D eigenvalue weighted by Gasteiger charge is -1.90. The molecule has 0 fully saturated rings. The number of H-pyrrole nitrogens is 2. The van der Waals surface area contributed by atoms with Gasteiger partial charge in [0.05, 0.1) is 56.1 Å². The number of imidazole rings is 2. The molecule has 116 heavy (non-hydrogen) atoms. The topological polar surface area (TPSA) is 212 Å². The monoisotopic (exact) mass is 1660 g/mol. The molecule has 0 saturated carbocycles. The highest BCUT2D eigenvalue weighted by atomic mass is 32.1. The summed E-state index contributed by atoms with van der Waals surface area (Å²) in [5.74, 6) is 1.66. The lowest BCUT2D eigenvalue weighted by Crippen LogP contribution is -1.86. The number of benzene rings is 4. The van der Waals surface area contributed by atoms with Gasteiger partial charge in [-0.05, 0) is 246 Å². The molecular formula is C96H156N16S4. The summed E-state index contributed by atoms with van der Waals surface area (Å²) in [6.45, 7) is 48.2. The number of hydrogen-bond donors (Lipinski definition) is 2. The molecule has 16 nitrogen and oxygen atoms in total. The fourth-order valence-electron chi connectivity index (χ4n) is 7.47. The number of aryl methyl sites for hydroxylation is 22. The Morgan fingerprint density at radius 1 is 0.216 bits per heavy atom. The molecular weight excluding hydrogens is 1510 g/mol. The summed E-state index contributed by atoms with van der Waals surface area (Å²) in [5, 5.41) is 19.6. The Hall–Kier alpha value is -10.1. The molecule has 20 heteroatoms. The maximum Gasteiger partial charge on any atom is 0.125 e. The SMILES string of the molecule is C.C.C.C.C.C.C.C.C.C.C.C.CC.Cc1ccc(C)cc1.Cc1ccc(C)nc1.Cc1ccc(C)nc1.Cc1ccc(C)nn1.Cc1ccc(C)s1.Cc1ccc2nc[nH]c2c1.Cc1ccc2nc[nH]c2c1.Cc1cnc(C)nc1.Cc1cnc(C)nc1.Cc1cnc(C)s1.Cc1cnc(C)s1.Cc1nnc(C)s1.c1ccccc1. The average Bonchev–Trinajstić information content (AvgIpc) is 1.72. The summed E-state index contributed by atoms with van der Waals surface area (Å²) >= 11 is 6.93. The van der Waals surface area contributed by atoms with Crippen LogP contribution in [0.3, 0.4) is 0 Å². The van der Waals surface area contributed by atoms with Gasteiger partial charge in [0.25, 0.3) is 0 Å². The maximum absolute atomic E-state index is 4.10. The van der Waals surface area contributed by atoms with Gasteiger partial charge in [0, 0.05) is 80.5 Å². The number of hydrogen-bond acceptors (Lipinski definition) is 18. The highest BCUT2D eigenvalue weighted by molar-refractivity contribution is 7.12. The number of fused-ring (bicyclic) bond motifs is 2. The molecule has 0 aliphatic carbocycles. The lowest BCUT2D eigenvalue weighted by atomic mass is 10.2. The van der Waals surface area contributed by atoms with E-state index in [1.807, 2.05) is 244 Å². The van der Waals surface area contributed by atoms with Crippen LogP contribution in [0.25, 0.3) is 22.1 Å². The Morgan fingerprint density at radius 2 is 0.491 bits per heavy atom. The van der Waals surface area contributed by atoms with Gasteiger partial charge in [0.2, 0.25) is 0 Å². The van der Waals surface area contributed by atoms with Gasteiger partial charge in [-0.25, -0.2) is 39.9 Å². The fraction of sp³-hybridized carbons (Fsp3) is 0.375. The molecule has 0 aliphatic rings. The van der Waals surface area contributed by atoms with Gasteiger partial charge in [0.1, 0.15) is 21.7 Å². The molecule has 0 spiro atoms. The van der Waals surface area contributed by atoms with Crippen molar-refractivity contribution in [2.45, 2.75) is 255 Å². The van der Waals surface area contributed by atoms with Gasteiger partial charge in [-0.2, -0.15) is 10.2 Å². The van der Waals surface area contributed by atoms with Crippen molar-refractivity contribution >= 4 is 67.4 Å². The molecule has 0 atom stereocenters. The summed E-state index contributed by atoms with van der Waals surface area (Å²) in [4.78, 5) is 51.8. The van der Waals surface area contributed by atoms with E-state index in [1.54, 1.807) is 46.7 Å². The Bertz CT molecular complexity index is 3800. The molecule has 15 aromatic rings. The van der Waals surface area contributed by atoms with Gasteiger partial charge in [-0.1, -0.05) is 199 Å². The van der Waals surface area contributed by atoms with Crippen LogP contribution in [0.15, 0.2) is 208 Å². The normalized spacial score (nSPS) is 8.38. The van der Waals surface area contributed by atoms with E-state index in [4.69, 9.17) is 0 Å². The van der Waals surface area contributed by atoms with Crippen molar-refractivity contribution in [3.05, 3.63) is 326 Å². The van der Waals surface area contributed by atoms with Crippen LogP contribution in [-0.4, -0.2) is 80.2 Å². The van der Waals surface area contributed by atoms with Crippen LogP contribution in [0.4, 0.5) is 0 Å². The number of nitrogens with zero attached hydrogens (tertiary/aromatic N) is 14. The molecule has 4 aromatic carbocycles. The first-order valence-electron chi connectivity index (χ1n) is 34.1. The van der Waals surface area contributed by atoms with Gasteiger partial charge in [0.15, 0.2) is 0 Å². The molecule has 15 rings (SSSR count). The summed E-state index contributed by atoms with van der Waals surface area (Å²) in [6, 6.07) is 49.1. The van der Waals surface area contributed by atoms with E-state index in [1.165, 1.54) is 52.9 Å². The van der Waals surface area contributed by atoms with E-state index in [0.717, 1.165) is 87.6 Å². The molecule has 11 aromatic heterocycles. The van der Waals surface area contributed by atoms with Gasteiger partial charge in [-0.3, -0.25) is 9.97 Å². The van der Waals surface area contributed by atoms with Gasteiger partial charge in [-0.15, -0.1) is 55.5 Å². The fourth-order valence-corrected chi connectivity index (χ4v) is 10.2. The predicted molar refractivity (Wildman–Crippen MR) is 524 cm³/mol. The molecule has 11 heterocycles. The standard InChI is InChI=1S/2C8H8N2.C8H10.2C7H9N.3C6H8N2.C6H8S.C6H6.2C5H7NS.C4H6N2S.C2H6.12CH4/c2*1-6-2-3-7-8(4-6)10-5-9-7;1-7-3-5-8(2)6-4-7;2*1-6-3-4-7(2)8-5-6;2*1-5-3-7-6(2)8-4-5;1-5-3-4-6(2)8-7-5;1-5-3-4-6(2)7-5;1-2-4-6-5-3-1;2*1-4-3-6-5(2)7-4;1-3-5-6-4(2)7-3;1-2;;;;;;;;;;;;/h2*2-5H,1H3,(H,9,10);3-6H,1-2H3;2*3-5H,1-2H3;3*3-4H,1-2H3;3-4H,1-2H3;1-6H;2*3H,1-2H3;1-2H3;1-2H3;12*1H4. The minimum absolute atomic E-state index is 0. The highest BCUT2D eigenvalue weighted by Gasteiger charge is 1.96. The average molecular weight is 1660 g/mol. The van der Waals surface area contributed by atoms with Crippen LogP contribution >= 0.6 is 45.3 Å². The smallest absolute Gasteiger partial charge is 0.125 e. The molecule has 0 aliphatic heterocycles. The first kappa shape index (κ1) is 129. The summed E-state index contributed by atoms with van der Waals surface area (Å²) in [7, 11) is 0. The predicted octanol–water partition coefficient (Wildman–Crippen LogP) is 30.1. The van der Waals surface area contributed by atoms with E-state index >= 15 is 0 Å². The number of thiazole rings is 2. The van der Waals surface area contributed by atoms with Crippen molar-refractivity contribution in [1.29, 1.82) is 0 Å². The third-order valence-corrected chi connectivity index (χ3v) is 16.2. The van der Waals surface area contributed by atoms with E-state index in [0.29, 0.717) is 0 Å². The molecule has 644 valence electrons. The van der Waals surface area contributed by atoms with Crippen LogP contribution < -0.4 is 0 Å². The number of nitrogens with one attached hydrogen (secondary N) is 2. The number of rotatable bonds is 0. The van der Waals surface area contributed by atoms with Crippen LogP contribution in [0.2, 0.25) is 0 Å². The highest BCUT2D eigenvalue weighted by Crippen LogP contribution is 2.14. The van der Waals surface area contributed by atoms with Crippen LogP contribution in [0.1, 0.15) is 221 Å². The third-order valence-electron chi connectivity index (χ3n) is 12.9. The molecule has 0 radical (unpaired) electrons. The Labute approximate surface area is 724 Å². The lowest BCUT2D eigenvalue weighted by molar-refractivity contribution is 0.941. The van der Waals surface area contributed by atoms with Crippen molar-refractivity contribution in [2.75, 3.05) is 0 Å². The van der Waals surface area contributed by atoms with Gasteiger partial charge >= 0.3 is 0 Å². The summed E-state index contributed by atoms with van der Waals surface area (Å²) in [6.07, 6.45) is 18.2. The van der Waals surface area contributed by atoms with Crippen molar-refractivity contribution in [2.24, 2.45) is 0 Å². The zero-order valence-corrected chi connectivity index (χ0v) is 68.8. The van der Waals surface area contributed by atoms with Crippen molar-refractivity contribution in [3.8, 4) is 0 Å².